The van der Waals surface area contributed by atoms with Gasteiger partial charge in [-0.25, -0.2) is 0 Å². The normalized spacial score (nSPS) is 14.3. The summed E-state index contributed by atoms with van der Waals surface area (Å²) in [7, 11) is -9.60. The van der Waals surface area contributed by atoms with Crippen molar-refractivity contribution in [1.29, 1.82) is 0 Å². The van der Waals surface area contributed by atoms with Gasteiger partial charge in [-0.3, -0.25) is 9.13 Å². The van der Waals surface area contributed by atoms with E-state index in [2.05, 4.69) is 0 Å². The molecule has 73 valence electrons. The maximum atomic E-state index is 10.6. The van der Waals surface area contributed by atoms with Gasteiger partial charge in [-0.15, -0.1) is 0 Å². The molecule has 0 heterocycles. The predicted molar refractivity (Wildman–Crippen MR) is 42.2 cm³/mol. The molecule has 0 aromatic heterocycles. The van der Waals surface area contributed by atoms with E-state index in [0.717, 1.165) is 0 Å². The Balaban J connectivity index is 4.97. The molecule has 0 bridgehead atoms. The van der Waals surface area contributed by atoms with Crippen molar-refractivity contribution < 1.29 is 28.7 Å². The lowest BCUT2D eigenvalue weighted by Crippen LogP contribution is -2.07. The van der Waals surface area contributed by atoms with E-state index in [-0.39, 0.29) is 0 Å². The smallest absolute Gasteiger partial charge is 0.324 e. The second-order valence-corrected chi connectivity index (χ2v) is 6.09. The Morgan fingerprint density at radius 3 is 1.25 bits per heavy atom. The van der Waals surface area contributed by atoms with Crippen molar-refractivity contribution in [3.63, 3.8) is 0 Å². The molecule has 0 aromatic rings. The molecule has 0 unspecified atom stereocenters. The molecule has 0 amide bonds. The third-order valence-electron chi connectivity index (χ3n) is 1.11. The van der Waals surface area contributed by atoms with E-state index in [1.54, 1.807) is 0 Å². The van der Waals surface area contributed by atoms with Gasteiger partial charge in [-0.2, -0.15) is 0 Å². The Bertz CT molecular complexity index is 214. The van der Waals surface area contributed by atoms with Crippen LogP contribution in [0.15, 0.2) is 0 Å². The van der Waals surface area contributed by atoms with Crippen LogP contribution in [0.3, 0.4) is 0 Å². The topological polar surface area (TPSA) is 115 Å². The van der Waals surface area contributed by atoms with Gasteiger partial charge in [0.05, 0.1) is 0 Å². The summed E-state index contributed by atoms with van der Waals surface area (Å²) in [5.41, 5.74) is 0. The second-order valence-electron chi connectivity index (χ2n) is 2.60. The minimum absolute atomic E-state index is 0.841. The molecule has 0 saturated heterocycles. The van der Waals surface area contributed by atoms with E-state index in [1.165, 1.54) is 13.8 Å². The van der Waals surface area contributed by atoms with Crippen LogP contribution in [-0.2, 0) is 9.13 Å². The maximum Gasteiger partial charge on any atom is 0.345 e. The van der Waals surface area contributed by atoms with Crippen molar-refractivity contribution >= 4 is 15.2 Å². The summed E-state index contributed by atoms with van der Waals surface area (Å²) in [5, 5.41) is -1.00. The van der Waals surface area contributed by atoms with Crippen LogP contribution in [0.2, 0.25) is 0 Å². The highest BCUT2D eigenvalue weighted by atomic mass is 31.2. The lowest BCUT2D eigenvalue weighted by atomic mass is 10.3. The van der Waals surface area contributed by atoms with Gasteiger partial charge in [-0.1, -0.05) is 13.8 Å². The zero-order valence-corrected chi connectivity index (χ0v) is 8.37. The van der Waals surface area contributed by atoms with E-state index >= 15 is 0 Å². The average Bonchev–Trinajstić information content (AvgIpc) is 1.49. The van der Waals surface area contributed by atoms with Crippen LogP contribution in [0.1, 0.15) is 13.8 Å². The minimum Gasteiger partial charge on any atom is -0.324 e. The standard InChI is InChI=1S/C4H11O6P2/c1-3(2)4(11(5,6)7)12(8,9)10/h3H,1-2H3,(H2,5,6,7)(H2,8,9,10). The SMILES string of the molecule is CC(C)[C](P(=O)(O)O)P(=O)(O)O. The van der Waals surface area contributed by atoms with E-state index in [9.17, 15) is 9.13 Å². The molecule has 4 N–H and O–H groups in total. The summed E-state index contributed by atoms with van der Waals surface area (Å²) in [4.78, 5) is 34.3. The van der Waals surface area contributed by atoms with Crippen molar-refractivity contribution in [2.45, 2.75) is 13.8 Å². The van der Waals surface area contributed by atoms with Crippen LogP contribution < -0.4 is 0 Å². The van der Waals surface area contributed by atoms with Gasteiger partial charge in [0, 0.05) is 0 Å². The van der Waals surface area contributed by atoms with Crippen LogP contribution in [0.25, 0.3) is 0 Å². The molecule has 12 heavy (non-hydrogen) atoms. The lowest BCUT2D eigenvalue weighted by molar-refractivity contribution is 0.346. The molecule has 0 saturated carbocycles. The van der Waals surface area contributed by atoms with Gasteiger partial charge in [0.2, 0.25) is 5.40 Å². The minimum atomic E-state index is -4.80. The van der Waals surface area contributed by atoms with Gasteiger partial charge in [0.25, 0.3) is 0 Å². The molecule has 8 heteroatoms. The van der Waals surface area contributed by atoms with E-state index in [1.807, 2.05) is 0 Å². The van der Waals surface area contributed by atoms with Crippen LogP contribution in [-0.4, -0.2) is 19.6 Å². The fourth-order valence-corrected chi connectivity index (χ4v) is 3.55. The molecular formula is C4H11O6P2. The van der Waals surface area contributed by atoms with E-state index < -0.39 is 26.5 Å². The number of hydrogen-bond acceptors (Lipinski definition) is 2. The van der Waals surface area contributed by atoms with Crippen LogP contribution in [0.4, 0.5) is 0 Å². The highest BCUT2D eigenvalue weighted by Crippen LogP contribution is 2.68. The molecule has 1 radical (unpaired) electrons. The Kier molecular flexibility index (Phi) is 3.67. The first kappa shape index (κ1) is 12.3. The zero-order chi connectivity index (χ0) is 10.2. The lowest BCUT2D eigenvalue weighted by Gasteiger charge is -2.21. The zero-order valence-electron chi connectivity index (χ0n) is 6.58. The number of hydrogen-bond donors (Lipinski definition) is 4. The van der Waals surface area contributed by atoms with Crippen molar-refractivity contribution in [3.8, 4) is 0 Å². The molecule has 0 rings (SSSR count). The third kappa shape index (κ3) is 3.35. The Hall–Kier alpha value is 0.300. The second kappa shape index (κ2) is 3.58. The highest BCUT2D eigenvalue weighted by Gasteiger charge is 2.46. The number of rotatable bonds is 3. The Morgan fingerprint density at radius 1 is 1.00 bits per heavy atom. The summed E-state index contributed by atoms with van der Waals surface area (Å²) >= 11 is 0. The summed E-state index contributed by atoms with van der Waals surface area (Å²) in [6.07, 6.45) is 0. The van der Waals surface area contributed by atoms with Crippen LogP contribution in [0, 0.1) is 11.3 Å². The monoisotopic (exact) mass is 217 g/mol. The predicted octanol–water partition coefficient (Wildman–Crippen LogP) is 0.487. The first-order chi connectivity index (χ1) is 5.07. The Morgan fingerprint density at radius 2 is 1.25 bits per heavy atom. The molecule has 0 atom stereocenters. The quantitative estimate of drug-likeness (QED) is 0.511. The fraction of sp³-hybridized carbons (Fsp3) is 0.750. The van der Waals surface area contributed by atoms with Crippen molar-refractivity contribution in [2.75, 3.05) is 0 Å². The summed E-state index contributed by atoms with van der Waals surface area (Å²) in [5.74, 6) is -0.841. The van der Waals surface area contributed by atoms with Gasteiger partial charge in [-0.05, 0) is 5.92 Å². The van der Waals surface area contributed by atoms with E-state index in [0.29, 0.717) is 0 Å². The van der Waals surface area contributed by atoms with Gasteiger partial charge < -0.3 is 19.6 Å². The summed E-state index contributed by atoms with van der Waals surface area (Å²) in [6, 6.07) is 0. The van der Waals surface area contributed by atoms with Crippen molar-refractivity contribution in [2.24, 2.45) is 5.92 Å². The summed E-state index contributed by atoms with van der Waals surface area (Å²) < 4.78 is 21.2. The largest absolute Gasteiger partial charge is 0.345 e. The molecule has 0 fully saturated rings. The van der Waals surface area contributed by atoms with Crippen molar-refractivity contribution in [3.05, 3.63) is 5.40 Å². The fourth-order valence-electron chi connectivity index (χ4n) is 0.842. The first-order valence-corrected chi connectivity index (χ1v) is 6.28. The average molecular weight is 217 g/mol. The van der Waals surface area contributed by atoms with Gasteiger partial charge >= 0.3 is 15.2 Å². The van der Waals surface area contributed by atoms with Gasteiger partial charge in [0.1, 0.15) is 0 Å². The third-order valence-corrected chi connectivity index (χ3v) is 4.90. The molecular weight excluding hydrogens is 206 g/mol. The molecule has 0 aromatic carbocycles. The van der Waals surface area contributed by atoms with E-state index in [4.69, 9.17) is 19.6 Å². The first-order valence-electron chi connectivity index (χ1n) is 3.06. The van der Waals surface area contributed by atoms with Gasteiger partial charge in [0.15, 0.2) is 0 Å². The molecule has 0 aliphatic carbocycles. The maximum absolute atomic E-state index is 10.6. The Labute approximate surface area is 69.9 Å². The van der Waals surface area contributed by atoms with Crippen LogP contribution >= 0.6 is 15.2 Å². The molecule has 0 aliphatic rings. The molecule has 6 nitrogen and oxygen atoms in total. The summed E-state index contributed by atoms with van der Waals surface area (Å²) in [6.45, 7) is 2.63. The highest BCUT2D eigenvalue weighted by molar-refractivity contribution is 7.75. The molecule has 0 aliphatic heterocycles. The van der Waals surface area contributed by atoms with Crippen LogP contribution in [0.5, 0.6) is 0 Å². The van der Waals surface area contributed by atoms with Crippen molar-refractivity contribution in [1.82, 2.24) is 0 Å². The molecule has 0 spiro atoms.